The topological polar surface area (TPSA) is 41.1 Å². The van der Waals surface area contributed by atoms with Gasteiger partial charge in [0, 0.05) is 25.6 Å². The standard InChI is InChI=1S/C20H30N2O/c1-20(2)17-11-7-6-10-16(17)19(20)21-13-12-18(23)22-14-15-8-4-3-5-9-15/h3-5,8-9,16-17,19,21H,6-7,10-14H2,1-2H3,(H,22,23)/t16-,17+,19?/m1/s1. The first-order chi connectivity index (χ1) is 11.1. The van der Waals surface area contributed by atoms with Crippen molar-refractivity contribution in [3.05, 3.63) is 35.9 Å². The summed E-state index contributed by atoms with van der Waals surface area (Å²) in [5, 5.41) is 6.68. The second kappa shape index (κ2) is 7.04. The highest BCUT2D eigenvalue weighted by Crippen LogP contribution is 2.57. The lowest BCUT2D eigenvalue weighted by Crippen LogP contribution is -2.65. The van der Waals surface area contributed by atoms with E-state index in [1.54, 1.807) is 0 Å². The molecule has 3 nitrogen and oxygen atoms in total. The van der Waals surface area contributed by atoms with Gasteiger partial charge in [0.2, 0.25) is 5.91 Å². The molecule has 3 heteroatoms. The third-order valence-corrected chi connectivity index (χ3v) is 6.05. The molecular formula is C20H30N2O. The van der Waals surface area contributed by atoms with E-state index in [1.807, 2.05) is 30.3 Å². The van der Waals surface area contributed by atoms with Crippen molar-refractivity contribution in [2.24, 2.45) is 17.3 Å². The summed E-state index contributed by atoms with van der Waals surface area (Å²) in [6.45, 7) is 6.20. The van der Waals surface area contributed by atoms with Crippen molar-refractivity contribution in [2.75, 3.05) is 6.54 Å². The zero-order valence-corrected chi connectivity index (χ0v) is 14.5. The number of rotatable bonds is 6. The highest BCUT2D eigenvalue weighted by molar-refractivity contribution is 5.76. The van der Waals surface area contributed by atoms with Gasteiger partial charge in [-0.1, -0.05) is 57.0 Å². The fourth-order valence-electron chi connectivity index (χ4n) is 4.79. The van der Waals surface area contributed by atoms with E-state index in [9.17, 15) is 4.79 Å². The largest absolute Gasteiger partial charge is 0.352 e. The van der Waals surface area contributed by atoms with Gasteiger partial charge in [-0.2, -0.15) is 0 Å². The van der Waals surface area contributed by atoms with Crippen molar-refractivity contribution in [3.8, 4) is 0 Å². The van der Waals surface area contributed by atoms with E-state index in [0.29, 0.717) is 24.4 Å². The molecule has 2 aliphatic carbocycles. The molecule has 0 aromatic heterocycles. The lowest BCUT2D eigenvalue weighted by molar-refractivity contribution is -0.121. The van der Waals surface area contributed by atoms with Gasteiger partial charge in [0.25, 0.3) is 0 Å². The molecule has 23 heavy (non-hydrogen) atoms. The maximum atomic E-state index is 12.0. The molecule has 0 radical (unpaired) electrons. The molecule has 0 saturated heterocycles. The van der Waals surface area contributed by atoms with Crippen LogP contribution in [-0.2, 0) is 11.3 Å². The number of carbonyl (C=O) groups excluding carboxylic acids is 1. The third-order valence-electron chi connectivity index (χ3n) is 6.05. The van der Waals surface area contributed by atoms with Crippen LogP contribution >= 0.6 is 0 Å². The zero-order valence-electron chi connectivity index (χ0n) is 14.5. The van der Waals surface area contributed by atoms with Gasteiger partial charge < -0.3 is 10.6 Å². The Bertz CT molecular complexity index is 526. The molecule has 3 rings (SSSR count). The van der Waals surface area contributed by atoms with E-state index in [-0.39, 0.29) is 5.91 Å². The van der Waals surface area contributed by atoms with Crippen molar-refractivity contribution in [3.63, 3.8) is 0 Å². The SMILES string of the molecule is CC1(C)C(NCCC(=O)NCc2ccccc2)[C@@H]2CCCC[C@@H]21. The van der Waals surface area contributed by atoms with Gasteiger partial charge in [0.1, 0.15) is 0 Å². The molecule has 0 aliphatic heterocycles. The highest BCUT2D eigenvalue weighted by Gasteiger charge is 2.55. The summed E-state index contributed by atoms with van der Waals surface area (Å²) < 4.78 is 0. The van der Waals surface area contributed by atoms with Gasteiger partial charge in [-0.15, -0.1) is 0 Å². The molecule has 1 amide bonds. The number of benzene rings is 1. The molecule has 2 aliphatic rings. The smallest absolute Gasteiger partial charge is 0.221 e. The summed E-state index contributed by atoms with van der Waals surface area (Å²) in [6, 6.07) is 10.7. The molecule has 126 valence electrons. The Kier molecular flexibility index (Phi) is 5.05. The average molecular weight is 314 g/mol. The first-order valence-corrected chi connectivity index (χ1v) is 9.13. The second-order valence-corrected chi connectivity index (χ2v) is 7.82. The molecule has 3 atom stereocenters. The van der Waals surface area contributed by atoms with Crippen LogP contribution in [0.1, 0.15) is 51.5 Å². The van der Waals surface area contributed by atoms with Crippen molar-refractivity contribution in [1.29, 1.82) is 0 Å². The lowest BCUT2D eigenvalue weighted by Gasteiger charge is -2.61. The van der Waals surface area contributed by atoms with E-state index in [1.165, 1.54) is 25.7 Å². The van der Waals surface area contributed by atoms with Gasteiger partial charge in [0.05, 0.1) is 0 Å². The Labute approximate surface area is 140 Å². The second-order valence-electron chi connectivity index (χ2n) is 7.82. The first-order valence-electron chi connectivity index (χ1n) is 9.13. The Morgan fingerprint density at radius 1 is 1.17 bits per heavy atom. The van der Waals surface area contributed by atoms with E-state index in [0.717, 1.165) is 23.9 Å². The van der Waals surface area contributed by atoms with Crippen LogP contribution in [0.2, 0.25) is 0 Å². The number of carbonyl (C=O) groups is 1. The molecule has 0 spiro atoms. The number of hydrogen-bond donors (Lipinski definition) is 2. The number of nitrogens with one attached hydrogen (secondary N) is 2. The molecule has 2 N–H and O–H groups in total. The normalized spacial score (nSPS) is 28.5. The summed E-state index contributed by atoms with van der Waals surface area (Å²) in [7, 11) is 0. The Morgan fingerprint density at radius 2 is 1.91 bits per heavy atom. The number of amides is 1. The van der Waals surface area contributed by atoms with E-state index >= 15 is 0 Å². The van der Waals surface area contributed by atoms with Crippen LogP contribution in [0.25, 0.3) is 0 Å². The van der Waals surface area contributed by atoms with Crippen molar-refractivity contribution in [1.82, 2.24) is 10.6 Å². The minimum atomic E-state index is 0.138. The molecule has 1 aromatic rings. The minimum Gasteiger partial charge on any atom is -0.352 e. The summed E-state index contributed by atoms with van der Waals surface area (Å²) in [6.07, 6.45) is 6.11. The zero-order chi connectivity index (χ0) is 16.3. The molecular weight excluding hydrogens is 284 g/mol. The summed E-state index contributed by atoms with van der Waals surface area (Å²) in [5.41, 5.74) is 1.55. The quantitative estimate of drug-likeness (QED) is 0.844. The summed E-state index contributed by atoms with van der Waals surface area (Å²) in [5.74, 6) is 1.87. The van der Waals surface area contributed by atoms with Crippen LogP contribution in [-0.4, -0.2) is 18.5 Å². The van der Waals surface area contributed by atoms with E-state index in [2.05, 4.69) is 24.5 Å². The van der Waals surface area contributed by atoms with Crippen molar-refractivity contribution in [2.45, 2.75) is 58.5 Å². The predicted octanol–water partition coefficient (Wildman–Crippen LogP) is 3.50. The monoisotopic (exact) mass is 314 g/mol. The van der Waals surface area contributed by atoms with Crippen LogP contribution in [0.5, 0.6) is 0 Å². The molecule has 1 aromatic carbocycles. The average Bonchev–Trinajstić information content (AvgIpc) is 2.57. The van der Waals surface area contributed by atoms with Gasteiger partial charge >= 0.3 is 0 Å². The minimum absolute atomic E-state index is 0.138. The molecule has 1 unspecified atom stereocenters. The molecule has 2 saturated carbocycles. The van der Waals surface area contributed by atoms with Gasteiger partial charge in [-0.25, -0.2) is 0 Å². The predicted molar refractivity (Wildman–Crippen MR) is 93.9 cm³/mol. The van der Waals surface area contributed by atoms with Crippen LogP contribution in [0.4, 0.5) is 0 Å². The van der Waals surface area contributed by atoms with E-state index in [4.69, 9.17) is 0 Å². The molecule has 2 fully saturated rings. The highest BCUT2D eigenvalue weighted by atomic mass is 16.1. The van der Waals surface area contributed by atoms with Gasteiger partial charge in [0.15, 0.2) is 0 Å². The Morgan fingerprint density at radius 3 is 2.70 bits per heavy atom. The lowest BCUT2D eigenvalue weighted by atomic mass is 9.48. The summed E-state index contributed by atoms with van der Waals surface area (Å²) >= 11 is 0. The maximum absolute atomic E-state index is 12.0. The maximum Gasteiger partial charge on any atom is 0.221 e. The van der Waals surface area contributed by atoms with Crippen LogP contribution in [0.3, 0.4) is 0 Å². The summed E-state index contributed by atoms with van der Waals surface area (Å²) in [4.78, 5) is 12.0. The number of fused-ring (bicyclic) bond motifs is 1. The fraction of sp³-hybridized carbons (Fsp3) is 0.650. The van der Waals surface area contributed by atoms with Crippen molar-refractivity contribution < 1.29 is 4.79 Å². The van der Waals surface area contributed by atoms with Crippen LogP contribution in [0.15, 0.2) is 30.3 Å². The first kappa shape index (κ1) is 16.5. The molecule has 0 heterocycles. The van der Waals surface area contributed by atoms with Crippen LogP contribution < -0.4 is 10.6 Å². The van der Waals surface area contributed by atoms with E-state index < -0.39 is 0 Å². The Balaban J connectivity index is 1.38. The third kappa shape index (κ3) is 3.60. The van der Waals surface area contributed by atoms with Gasteiger partial charge in [-0.05, 0) is 35.7 Å². The molecule has 0 bridgehead atoms. The van der Waals surface area contributed by atoms with Gasteiger partial charge in [-0.3, -0.25) is 4.79 Å². The number of hydrogen-bond acceptors (Lipinski definition) is 2. The van der Waals surface area contributed by atoms with Crippen molar-refractivity contribution >= 4 is 5.91 Å². The Hall–Kier alpha value is -1.35. The fourth-order valence-corrected chi connectivity index (χ4v) is 4.79. The van der Waals surface area contributed by atoms with Crippen LogP contribution in [0, 0.1) is 17.3 Å².